The summed E-state index contributed by atoms with van der Waals surface area (Å²) in [6.07, 6.45) is 1.64. The summed E-state index contributed by atoms with van der Waals surface area (Å²) in [7, 11) is 0. The van der Waals surface area contributed by atoms with E-state index in [9.17, 15) is 14.4 Å². The van der Waals surface area contributed by atoms with Crippen LogP contribution in [0.4, 0.5) is 5.00 Å². The number of rotatable bonds is 5. The minimum atomic E-state index is -1.01. The van der Waals surface area contributed by atoms with Gasteiger partial charge in [-0.15, -0.1) is 22.7 Å². The first-order valence-corrected chi connectivity index (χ1v) is 9.81. The molecule has 3 rings (SSSR count). The summed E-state index contributed by atoms with van der Waals surface area (Å²) in [5, 5.41) is 3.87. The molecule has 1 aliphatic carbocycles. The molecule has 9 heteroatoms. The number of nitrogens with two attached hydrogens (primary N) is 1. The number of amides is 2. The van der Waals surface area contributed by atoms with Gasteiger partial charge in [-0.05, 0) is 45.6 Å². The lowest BCUT2D eigenvalue weighted by Gasteiger charge is -2.13. The highest BCUT2D eigenvalue weighted by molar-refractivity contribution is 7.17. The number of esters is 1. The third kappa shape index (κ3) is 3.49. The number of nitrogens with one attached hydrogen (secondary N) is 1. The molecule has 0 spiro atoms. The van der Waals surface area contributed by atoms with Gasteiger partial charge in [0.2, 0.25) is 0 Å². The maximum Gasteiger partial charge on any atom is 0.351 e. The molecule has 0 fully saturated rings. The Morgan fingerprint density at radius 2 is 1.96 bits per heavy atom. The lowest BCUT2D eigenvalue weighted by Crippen LogP contribution is -2.30. The first kappa shape index (κ1) is 18.5. The van der Waals surface area contributed by atoms with Crippen LogP contribution in [0.3, 0.4) is 0 Å². The van der Waals surface area contributed by atoms with Gasteiger partial charge in [0.1, 0.15) is 9.88 Å². The molecule has 0 saturated heterocycles. The van der Waals surface area contributed by atoms with Crippen molar-refractivity contribution in [2.45, 2.75) is 46.1 Å². The van der Waals surface area contributed by atoms with E-state index in [1.807, 2.05) is 0 Å². The summed E-state index contributed by atoms with van der Waals surface area (Å²) >= 11 is 2.59. The largest absolute Gasteiger partial charge is 0.448 e. The molecule has 2 amide bonds. The molecule has 1 atom stereocenters. The fraction of sp³-hybridized carbons (Fsp3) is 0.412. The first-order chi connectivity index (χ1) is 12.3. The Hall–Kier alpha value is -2.26. The first-order valence-electron chi connectivity index (χ1n) is 8.18. The quantitative estimate of drug-likeness (QED) is 0.759. The number of aromatic nitrogens is 1. The number of hydrogen-bond acceptors (Lipinski definition) is 7. The highest BCUT2D eigenvalue weighted by atomic mass is 32.1. The number of primary amides is 1. The number of fused-ring (bicyclic) bond motifs is 1. The van der Waals surface area contributed by atoms with Crippen molar-refractivity contribution in [3.8, 4) is 0 Å². The Morgan fingerprint density at radius 1 is 1.23 bits per heavy atom. The minimum absolute atomic E-state index is 0.378. The highest BCUT2D eigenvalue weighted by Gasteiger charge is 2.28. The third-order valence-electron chi connectivity index (χ3n) is 4.15. The van der Waals surface area contributed by atoms with Crippen molar-refractivity contribution in [3.63, 3.8) is 0 Å². The van der Waals surface area contributed by atoms with Crippen molar-refractivity contribution in [3.05, 3.63) is 31.6 Å². The number of thiazole rings is 1. The van der Waals surface area contributed by atoms with E-state index in [0.29, 0.717) is 21.1 Å². The molecule has 1 aliphatic rings. The minimum Gasteiger partial charge on any atom is -0.448 e. The molecule has 0 bridgehead atoms. The van der Waals surface area contributed by atoms with Crippen LogP contribution in [0.2, 0.25) is 0 Å². The van der Waals surface area contributed by atoms with Crippen LogP contribution in [0.1, 0.15) is 54.5 Å². The zero-order valence-corrected chi connectivity index (χ0v) is 16.3. The van der Waals surface area contributed by atoms with E-state index in [1.165, 1.54) is 29.6 Å². The topological polar surface area (TPSA) is 111 Å². The van der Waals surface area contributed by atoms with E-state index >= 15 is 0 Å². The normalized spacial score (nSPS) is 14.0. The van der Waals surface area contributed by atoms with Crippen molar-refractivity contribution in [1.29, 1.82) is 0 Å². The second kappa shape index (κ2) is 7.16. The fourth-order valence-electron chi connectivity index (χ4n) is 2.95. The summed E-state index contributed by atoms with van der Waals surface area (Å²) in [6.45, 7) is 5.00. The molecule has 0 radical (unpaired) electrons. The number of hydrogen-bond donors (Lipinski definition) is 2. The van der Waals surface area contributed by atoms with Crippen LogP contribution < -0.4 is 11.1 Å². The number of carbonyl (C=O) groups is 3. The number of aryl methyl sites for hydroxylation is 3. The van der Waals surface area contributed by atoms with Crippen molar-refractivity contribution in [2.24, 2.45) is 5.73 Å². The predicted octanol–water partition coefficient (Wildman–Crippen LogP) is 2.59. The second-order valence-corrected chi connectivity index (χ2v) is 8.42. The number of anilines is 1. The molecular weight excluding hydrogens is 374 g/mol. The number of thiophene rings is 1. The average molecular weight is 393 g/mol. The van der Waals surface area contributed by atoms with Gasteiger partial charge in [-0.1, -0.05) is 0 Å². The SMILES string of the molecule is Cc1nc(C)c(C(=O)O[C@@H](C)C(=O)Nc2sc3c(c2C(N)=O)CCC3)s1. The standard InChI is InChI=1S/C17H19N3O4S2/c1-7-13(25-9(3)19-7)17(23)24-8(2)15(22)20-16-12(14(18)21)10-5-4-6-11(10)26-16/h8H,4-6H2,1-3H3,(H2,18,21)(H,20,22)/t8-/m0/s1. The number of nitrogens with zero attached hydrogens (tertiary/aromatic N) is 1. The van der Waals surface area contributed by atoms with Crippen molar-refractivity contribution in [2.75, 3.05) is 5.32 Å². The van der Waals surface area contributed by atoms with Gasteiger partial charge in [-0.25, -0.2) is 9.78 Å². The van der Waals surface area contributed by atoms with Crippen LogP contribution in [-0.4, -0.2) is 28.9 Å². The average Bonchev–Trinajstić information content (AvgIpc) is 3.20. The van der Waals surface area contributed by atoms with Crippen LogP contribution in [0.5, 0.6) is 0 Å². The van der Waals surface area contributed by atoms with Crippen molar-refractivity contribution in [1.82, 2.24) is 4.98 Å². The molecule has 0 aromatic carbocycles. The van der Waals surface area contributed by atoms with Gasteiger partial charge < -0.3 is 15.8 Å². The van der Waals surface area contributed by atoms with E-state index in [-0.39, 0.29) is 0 Å². The molecule has 138 valence electrons. The van der Waals surface area contributed by atoms with Crippen LogP contribution in [0.15, 0.2) is 0 Å². The fourth-order valence-corrected chi connectivity index (χ4v) is 5.06. The molecule has 7 nitrogen and oxygen atoms in total. The number of ether oxygens (including phenoxy) is 1. The summed E-state index contributed by atoms with van der Waals surface area (Å²) in [5.41, 5.74) is 7.37. The Bertz CT molecular complexity index is 900. The van der Waals surface area contributed by atoms with Crippen LogP contribution in [0.25, 0.3) is 0 Å². The molecule has 0 aliphatic heterocycles. The lowest BCUT2D eigenvalue weighted by molar-refractivity contribution is -0.123. The highest BCUT2D eigenvalue weighted by Crippen LogP contribution is 2.38. The van der Waals surface area contributed by atoms with Gasteiger partial charge in [0.25, 0.3) is 11.8 Å². The summed E-state index contributed by atoms with van der Waals surface area (Å²) < 4.78 is 5.25. The van der Waals surface area contributed by atoms with E-state index in [4.69, 9.17) is 10.5 Å². The molecule has 2 aromatic rings. The molecule has 3 N–H and O–H groups in total. The Morgan fingerprint density at radius 3 is 2.58 bits per heavy atom. The van der Waals surface area contributed by atoms with Gasteiger partial charge >= 0.3 is 5.97 Å². The smallest absolute Gasteiger partial charge is 0.351 e. The third-order valence-corrected chi connectivity index (χ3v) is 6.41. The molecule has 2 aromatic heterocycles. The van der Waals surface area contributed by atoms with E-state index in [2.05, 4.69) is 10.3 Å². The van der Waals surface area contributed by atoms with Crippen LogP contribution in [0, 0.1) is 13.8 Å². The van der Waals surface area contributed by atoms with Crippen LogP contribution >= 0.6 is 22.7 Å². The molecular formula is C17H19N3O4S2. The van der Waals surface area contributed by atoms with Crippen molar-refractivity contribution < 1.29 is 19.1 Å². The van der Waals surface area contributed by atoms with E-state index < -0.39 is 23.9 Å². The summed E-state index contributed by atoms with van der Waals surface area (Å²) in [4.78, 5) is 42.1. The molecule has 0 unspecified atom stereocenters. The van der Waals surface area contributed by atoms with Gasteiger partial charge in [-0.2, -0.15) is 0 Å². The predicted molar refractivity (Wildman–Crippen MR) is 100.0 cm³/mol. The molecule has 26 heavy (non-hydrogen) atoms. The maximum absolute atomic E-state index is 12.4. The molecule has 0 saturated carbocycles. The zero-order valence-electron chi connectivity index (χ0n) is 14.7. The zero-order chi connectivity index (χ0) is 19.0. The van der Waals surface area contributed by atoms with Gasteiger partial charge in [0, 0.05) is 4.88 Å². The van der Waals surface area contributed by atoms with E-state index in [1.54, 1.807) is 13.8 Å². The Labute approximate surface area is 158 Å². The summed E-state index contributed by atoms with van der Waals surface area (Å²) in [5.74, 6) is -1.64. The van der Waals surface area contributed by atoms with Crippen LogP contribution in [-0.2, 0) is 22.4 Å². The van der Waals surface area contributed by atoms with Crippen molar-refractivity contribution >= 4 is 45.5 Å². The van der Waals surface area contributed by atoms with E-state index in [0.717, 1.165) is 34.7 Å². The Kier molecular flexibility index (Phi) is 5.10. The maximum atomic E-state index is 12.4. The number of carbonyl (C=O) groups excluding carboxylic acids is 3. The van der Waals surface area contributed by atoms with Gasteiger partial charge in [-0.3, -0.25) is 9.59 Å². The lowest BCUT2D eigenvalue weighted by atomic mass is 10.1. The molecule has 2 heterocycles. The Balaban J connectivity index is 1.71. The van der Waals surface area contributed by atoms with Gasteiger partial charge in [0.05, 0.1) is 16.3 Å². The van der Waals surface area contributed by atoms with Gasteiger partial charge in [0.15, 0.2) is 6.10 Å². The monoisotopic (exact) mass is 393 g/mol. The second-order valence-electron chi connectivity index (χ2n) is 6.11. The summed E-state index contributed by atoms with van der Waals surface area (Å²) in [6, 6.07) is 0.